The van der Waals surface area contributed by atoms with Crippen molar-refractivity contribution >= 4 is 43.6 Å². The second-order valence-electron chi connectivity index (χ2n) is 14.2. The van der Waals surface area contributed by atoms with Gasteiger partial charge in [0.15, 0.2) is 17.5 Å². The van der Waals surface area contributed by atoms with E-state index < -0.39 is 0 Å². The fraction of sp³-hybridized carbons (Fsp3) is 0. The van der Waals surface area contributed by atoms with E-state index in [0.717, 1.165) is 82.8 Å². The number of fused-ring (bicyclic) bond motifs is 7. The van der Waals surface area contributed by atoms with E-state index in [1.165, 1.54) is 6.07 Å². The fourth-order valence-electron chi connectivity index (χ4n) is 8.31. The Morgan fingerprint density at radius 3 is 1.60 bits per heavy atom. The average Bonchev–Trinajstić information content (AvgIpc) is 3.80. The smallest absolute Gasteiger partial charge is 0.164 e. The second kappa shape index (κ2) is 13.3. The maximum atomic E-state index is 15.2. The van der Waals surface area contributed by atoms with Crippen molar-refractivity contribution in [3.8, 4) is 56.7 Å². The molecule has 3 aromatic heterocycles. The quantitative estimate of drug-likeness (QED) is 0.171. The van der Waals surface area contributed by atoms with E-state index in [2.05, 4.69) is 112 Å². The highest BCUT2D eigenvalue weighted by Gasteiger charge is 2.23. The molecule has 268 valence electrons. The van der Waals surface area contributed by atoms with Crippen molar-refractivity contribution in [1.29, 1.82) is 0 Å². The Bertz CT molecular complexity index is 3240. The zero-order valence-corrected chi connectivity index (χ0v) is 30.6. The SMILES string of the molecule is Fc1cccc(-c2cc(-c3nc(-c4ccccc4)nc(-c4ccccc4)n3)ccc2-n2c3ccccc3c3ccc4c(c5ccccc5n4-c4ccccc4)c32)c1. The summed E-state index contributed by atoms with van der Waals surface area (Å²) >= 11 is 0. The van der Waals surface area contributed by atoms with Gasteiger partial charge in [-0.3, -0.25) is 0 Å². The van der Waals surface area contributed by atoms with Gasteiger partial charge in [0.2, 0.25) is 0 Å². The topological polar surface area (TPSA) is 48.5 Å². The van der Waals surface area contributed by atoms with Crippen LogP contribution in [0.2, 0.25) is 0 Å². The molecule has 0 fully saturated rings. The van der Waals surface area contributed by atoms with Crippen LogP contribution in [-0.2, 0) is 0 Å². The number of rotatable bonds is 6. The van der Waals surface area contributed by atoms with Crippen LogP contribution in [0.1, 0.15) is 0 Å². The summed E-state index contributed by atoms with van der Waals surface area (Å²) in [7, 11) is 0. The number of aromatic nitrogens is 5. The number of hydrogen-bond donors (Lipinski definition) is 0. The third-order valence-electron chi connectivity index (χ3n) is 10.8. The van der Waals surface area contributed by atoms with E-state index in [0.29, 0.717) is 17.5 Å². The molecule has 0 saturated carbocycles. The highest BCUT2D eigenvalue weighted by molar-refractivity contribution is 6.26. The largest absolute Gasteiger partial charge is 0.309 e. The van der Waals surface area contributed by atoms with Gasteiger partial charge in [-0.2, -0.15) is 0 Å². The summed E-state index contributed by atoms with van der Waals surface area (Å²) in [6.07, 6.45) is 0. The molecule has 3 heterocycles. The average molecular weight is 734 g/mol. The second-order valence-corrected chi connectivity index (χ2v) is 14.2. The molecule has 0 amide bonds. The third kappa shape index (κ3) is 5.41. The first kappa shape index (κ1) is 32.7. The normalized spacial score (nSPS) is 11.6. The molecule has 0 aliphatic carbocycles. The lowest BCUT2D eigenvalue weighted by molar-refractivity contribution is 0.628. The van der Waals surface area contributed by atoms with Gasteiger partial charge in [-0.1, -0.05) is 133 Å². The molecule has 0 aliphatic heterocycles. The van der Waals surface area contributed by atoms with Gasteiger partial charge in [0.1, 0.15) is 5.82 Å². The third-order valence-corrected chi connectivity index (χ3v) is 10.8. The Balaban J connectivity index is 1.23. The minimum absolute atomic E-state index is 0.308. The Kier molecular flexibility index (Phi) is 7.60. The van der Waals surface area contributed by atoms with Gasteiger partial charge in [0.25, 0.3) is 0 Å². The summed E-state index contributed by atoms with van der Waals surface area (Å²) in [4.78, 5) is 15.0. The van der Waals surface area contributed by atoms with E-state index in [1.807, 2.05) is 72.8 Å². The van der Waals surface area contributed by atoms with Crippen molar-refractivity contribution in [1.82, 2.24) is 24.1 Å². The first-order valence-electron chi connectivity index (χ1n) is 19.0. The lowest BCUT2D eigenvalue weighted by atomic mass is 9.99. The molecule has 0 radical (unpaired) electrons. The molecular formula is C51H32FN5. The number of para-hydroxylation sites is 3. The summed E-state index contributed by atoms with van der Waals surface area (Å²) in [6, 6.07) is 65.2. The standard InChI is InChI=1S/C51H32FN5/c52-37-20-14-19-35(31-37)42-32-36(51-54-49(33-15-4-1-5-16-33)53-50(55-51)34-17-6-2-7-18-34)27-29-45(42)57-43-25-12-10-23-39(43)40-28-30-46-47(48(40)57)41-24-11-13-26-44(41)56(46)38-21-8-3-9-22-38/h1-32H. The first-order valence-corrected chi connectivity index (χ1v) is 19.0. The molecule has 57 heavy (non-hydrogen) atoms. The maximum absolute atomic E-state index is 15.2. The summed E-state index contributed by atoms with van der Waals surface area (Å²) in [5.41, 5.74) is 10.6. The predicted octanol–water partition coefficient (Wildman–Crippen LogP) is 12.9. The van der Waals surface area contributed by atoms with Gasteiger partial charge in [-0.05, 0) is 66.2 Å². The van der Waals surface area contributed by atoms with Crippen LogP contribution < -0.4 is 0 Å². The van der Waals surface area contributed by atoms with Crippen LogP contribution in [0.15, 0.2) is 194 Å². The van der Waals surface area contributed by atoms with Crippen LogP contribution in [0.5, 0.6) is 0 Å². The summed E-state index contributed by atoms with van der Waals surface area (Å²) in [6.45, 7) is 0. The Morgan fingerprint density at radius 2 is 0.930 bits per heavy atom. The van der Waals surface area contributed by atoms with E-state index in [9.17, 15) is 0 Å². The van der Waals surface area contributed by atoms with Crippen LogP contribution in [0.25, 0.3) is 100 Å². The summed E-state index contributed by atoms with van der Waals surface area (Å²) < 4.78 is 19.9. The molecule has 8 aromatic carbocycles. The molecular weight excluding hydrogens is 702 g/mol. The molecule has 11 aromatic rings. The molecule has 0 saturated heterocycles. The molecule has 0 N–H and O–H groups in total. The lowest BCUT2D eigenvalue weighted by Crippen LogP contribution is -2.02. The molecule has 0 bridgehead atoms. The van der Waals surface area contributed by atoms with Crippen molar-refractivity contribution in [2.75, 3.05) is 0 Å². The molecule has 0 spiro atoms. The highest BCUT2D eigenvalue weighted by Crippen LogP contribution is 2.44. The van der Waals surface area contributed by atoms with Crippen molar-refractivity contribution in [2.24, 2.45) is 0 Å². The Hall–Kier alpha value is -7.70. The lowest BCUT2D eigenvalue weighted by Gasteiger charge is -2.17. The zero-order chi connectivity index (χ0) is 37.9. The van der Waals surface area contributed by atoms with Crippen LogP contribution in [0.3, 0.4) is 0 Å². The van der Waals surface area contributed by atoms with Crippen molar-refractivity contribution in [2.45, 2.75) is 0 Å². The van der Waals surface area contributed by atoms with Crippen LogP contribution in [0, 0.1) is 5.82 Å². The molecule has 0 unspecified atom stereocenters. The maximum Gasteiger partial charge on any atom is 0.164 e. The predicted molar refractivity (Wildman–Crippen MR) is 230 cm³/mol. The Morgan fingerprint density at radius 1 is 0.368 bits per heavy atom. The van der Waals surface area contributed by atoms with Crippen LogP contribution >= 0.6 is 0 Å². The number of nitrogens with zero attached hydrogens (tertiary/aromatic N) is 5. The van der Waals surface area contributed by atoms with Gasteiger partial charge in [0.05, 0.1) is 27.8 Å². The van der Waals surface area contributed by atoms with Crippen LogP contribution in [-0.4, -0.2) is 24.1 Å². The molecule has 11 rings (SSSR count). The summed E-state index contributed by atoms with van der Waals surface area (Å²) in [5, 5.41) is 4.58. The molecule has 6 heteroatoms. The van der Waals surface area contributed by atoms with Gasteiger partial charge < -0.3 is 9.13 Å². The minimum Gasteiger partial charge on any atom is -0.309 e. The van der Waals surface area contributed by atoms with Crippen LogP contribution in [0.4, 0.5) is 4.39 Å². The summed E-state index contributed by atoms with van der Waals surface area (Å²) in [5.74, 6) is 1.38. The number of hydrogen-bond acceptors (Lipinski definition) is 3. The number of halogens is 1. The van der Waals surface area contributed by atoms with Gasteiger partial charge in [0, 0.05) is 49.5 Å². The zero-order valence-electron chi connectivity index (χ0n) is 30.6. The van der Waals surface area contributed by atoms with E-state index in [-0.39, 0.29) is 5.82 Å². The van der Waals surface area contributed by atoms with E-state index >= 15 is 4.39 Å². The fourth-order valence-corrected chi connectivity index (χ4v) is 8.31. The Labute approximate surface area is 327 Å². The molecule has 5 nitrogen and oxygen atoms in total. The van der Waals surface area contributed by atoms with Crippen molar-refractivity contribution < 1.29 is 4.39 Å². The minimum atomic E-state index is -0.308. The monoisotopic (exact) mass is 733 g/mol. The molecule has 0 atom stereocenters. The van der Waals surface area contributed by atoms with Gasteiger partial charge in [-0.15, -0.1) is 0 Å². The van der Waals surface area contributed by atoms with Crippen molar-refractivity contribution in [3.05, 3.63) is 200 Å². The first-order chi connectivity index (χ1) is 28.2. The number of benzene rings is 8. The van der Waals surface area contributed by atoms with E-state index in [1.54, 1.807) is 12.1 Å². The van der Waals surface area contributed by atoms with Crippen molar-refractivity contribution in [3.63, 3.8) is 0 Å². The van der Waals surface area contributed by atoms with Gasteiger partial charge in [-0.25, -0.2) is 19.3 Å². The van der Waals surface area contributed by atoms with E-state index in [4.69, 9.17) is 15.0 Å². The molecule has 0 aliphatic rings. The highest BCUT2D eigenvalue weighted by atomic mass is 19.1. The van der Waals surface area contributed by atoms with Gasteiger partial charge >= 0.3 is 0 Å².